The molecule has 1 atom stereocenters. The van der Waals surface area contributed by atoms with Crippen LogP contribution < -0.4 is 10.2 Å². The van der Waals surface area contributed by atoms with Gasteiger partial charge in [-0.25, -0.2) is 9.37 Å². The first-order valence-corrected chi connectivity index (χ1v) is 7.89. The van der Waals surface area contributed by atoms with Gasteiger partial charge in [-0.05, 0) is 37.6 Å². The van der Waals surface area contributed by atoms with Crippen molar-refractivity contribution in [3.63, 3.8) is 0 Å². The van der Waals surface area contributed by atoms with Crippen LogP contribution in [0.1, 0.15) is 12.0 Å². The lowest BCUT2D eigenvalue weighted by Gasteiger charge is -2.19. The Bertz CT molecular complexity index is 787. The Morgan fingerprint density at radius 1 is 1.46 bits per heavy atom. The van der Waals surface area contributed by atoms with Gasteiger partial charge in [0.15, 0.2) is 0 Å². The number of anilines is 2. The van der Waals surface area contributed by atoms with E-state index in [9.17, 15) is 14.5 Å². The number of aryl methyl sites for hydroxylation is 1. The smallest absolute Gasteiger partial charge is 0.290 e. The highest BCUT2D eigenvalue weighted by molar-refractivity contribution is 6.31. The second-order valence-corrected chi connectivity index (χ2v) is 6.19. The van der Waals surface area contributed by atoms with Crippen molar-refractivity contribution in [2.75, 3.05) is 23.3 Å². The maximum atomic E-state index is 13.3. The summed E-state index contributed by atoms with van der Waals surface area (Å²) < 4.78 is 13.3. The molecule has 126 valence electrons. The maximum Gasteiger partial charge on any atom is 0.290 e. The fraction of sp³-hybridized carbons (Fsp3) is 0.312. The molecule has 8 heteroatoms. The molecule has 3 rings (SSSR count). The molecule has 0 saturated carbocycles. The normalized spacial score (nSPS) is 17.1. The van der Waals surface area contributed by atoms with E-state index in [1.54, 1.807) is 25.1 Å². The Balaban J connectivity index is 1.67. The third-order valence-electron chi connectivity index (χ3n) is 4.09. The topological polar surface area (TPSA) is 71.3 Å². The van der Waals surface area contributed by atoms with Crippen molar-refractivity contribution >= 4 is 28.8 Å². The average Bonchev–Trinajstić information content (AvgIpc) is 2.98. The largest absolute Gasteiger partial charge is 0.369 e. The molecule has 24 heavy (non-hydrogen) atoms. The summed E-state index contributed by atoms with van der Waals surface area (Å²) in [6, 6.07) is 6.52. The number of hydrogen-bond acceptors (Lipinski definition) is 5. The molecule has 0 radical (unpaired) electrons. The number of nitrogens with one attached hydrogen (secondary N) is 1. The Labute approximate surface area is 143 Å². The van der Waals surface area contributed by atoms with E-state index in [1.807, 2.05) is 0 Å². The Morgan fingerprint density at radius 2 is 2.25 bits per heavy atom. The van der Waals surface area contributed by atoms with Crippen LogP contribution in [0.3, 0.4) is 0 Å². The van der Waals surface area contributed by atoms with E-state index >= 15 is 0 Å². The maximum absolute atomic E-state index is 13.3. The first-order valence-electron chi connectivity index (χ1n) is 7.51. The molecule has 2 heterocycles. The molecular formula is C16H16ClFN4O2. The highest BCUT2D eigenvalue weighted by Crippen LogP contribution is 2.27. The van der Waals surface area contributed by atoms with Gasteiger partial charge in [0.25, 0.3) is 5.69 Å². The second-order valence-electron chi connectivity index (χ2n) is 5.79. The number of benzene rings is 1. The quantitative estimate of drug-likeness (QED) is 0.671. The van der Waals surface area contributed by atoms with E-state index in [-0.39, 0.29) is 16.8 Å². The van der Waals surface area contributed by atoms with Gasteiger partial charge in [-0.15, -0.1) is 0 Å². The molecule has 1 aromatic carbocycles. The molecule has 2 aromatic rings. The van der Waals surface area contributed by atoms with Gasteiger partial charge in [0, 0.05) is 30.4 Å². The van der Waals surface area contributed by atoms with E-state index in [4.69, 9.17) is 11.6 Å². The van der Waals surface area contributed by atoms with Crippen LogP contribution in [0.15, 0.2) is 30.5 Å². The Morgan fingerprint density at radius 3 is 2.92 bits per heavy atom. The third-order valence-corrected chi connectivity index (χ3v) is 4.38. The standard InChI is InChI=1S/C16H16ClFN4O2/c1-10-6-16(19-8-15(10)22(23)24)20-11-4-5-21(9-11)12-2-3-14(18)13(17)7-12/h2-3,6-8,11H,4-5,9H2,1H3,(H,19,20). The summed E-state index contributed by atoms with van der Waals surface area (Å²) in [5.74, 6) is 0.182. The lowest BCUT2D eigenvalue weighted by atomic mass is 10.2. The molecule has 0 amide bonds. The number of aromatic nitrogens is 1. The summed E-state index contributed by atoms with van der Waals surface area (Å²) in [6.07, 6.45) is 2.15. The Hall–Kier alpha value is -2.41. The molecule has 0 bridgehead atoms. The van der Waals surface area contributed by atoms with Crippen LogP contribution in [-0.4, -0.2) is 29.0 Å². The van der Waals surface area contributed by atoms with Gasteiger partial charge in [-0.1, -0.05) is 11.6 Å². The monoisotopic (exact) mass is 350 g/mol. The molecule has 1 aliphatic rings. The zero-order valence-electron chi connectivity index (χ0n) is 13.0. The third kappa shape index (κ3) is 3.41. The molecule has 1 aromatic heterocycles. The molecule has 1 unspecified atom stereocenters. The molecule has 1 saturated heterocycles. The van der Waals surface area contributed by atoms with E-state index in [0.29, 0.717) is 11.4 Å². The van der Waals surface area contributed by atoms with Crippen molar-refractivity contribution in [3.8, 4) is 0 Å². The fourth-order valence-corrected chi connectivity index (χ4v) is 3.00. The van der Waals surface area contributed by atoms with Gasteiger partial charge in [0.2, 0.25) is 0 Å². The van der Waals surface area contributed by atoms with Gasteiger partial charge < -0.3 is 10.2 Å². The van der Waals surface area contributed by atoms with Crippen LogP contribution in [0.4, 0.5) is 21.6 Å². The van der Waals surface area contributed by atoms with Gasteiger partial charge in [-0.2, -0.15) is 0 Å². The predicted molar refractivity (Wildman–Crippen MR) is 91.3 cm³/mol. The van der Waals surface area contributed by atoms with Crippen molar-refractivity contribution in [1.29, 1.82) is 0 Å². The molecular weight excluding hydrogens is 335 g/mol. The summed E-state index contributed by atoms with van der Waals surface area (Å²) in [5.41, 5.74) is 1.45. The van der Waals surface area contributed by atoms with Gasteiger partial charge in [-0.3, -0.25) is 10.1 Å². The average molecular weight is 351 g/mol. The minimum Gasteiger partial charge on any atom is -0.369 e. The highest BCUT2D eigenvalue weighted by atomic mass is 35.5. The zero-order valence-corrected chi connectivity index (χ0v) is 13.8. The van der Waals surface area contributed by atoms with Gasteiger partial charge >= 0.3 is 0 Å². The number of pyridine rings is 1. The van der Waals surface area contributed by atoms with Crippen molar-refractivity contribution in [2.45, 2.75) is 19.4 Å². The molecule has 6 nitrogen and oxygen atoms in total. The predicted octanol–water partition coefficient (Wildman–Crippen LogP) is 3.78. The van der Waals surface area contributed by atoms with Crippen molar-refractivity contribution in [1.82, 2.24) is 4.98 Å². The summed E-state index contributed by atoms with van der Waals surface area (Å²) >= 11 is 5.83. The van der Waals surface area contributed by atoms with Gasteiger partial charge in [0.1, 0.15) is 17.8 Å². The van der Waals surface area contributed by atoms with E-state index < -0.39 is 10.7 Å². The zero-order chi connectivity index (χ0) is 17.3. The first-order chi connectivity index (χ1) is 11.4. The number of halogens is 2. The minimum absolute atomic E-state index is 0.00884. The number of nitro groups is 1. The Kier molecular flexibility index (Phi) is 4.53. The van der Waals surface area contributed by atoms with Crippen LogP contribution in [0.5, 0.6) is 0 Å². The molecule has 1 fully saturated rings. The summed E-state index contributed by atoms with van der Waals surface area (Å²) in [6.45, 7) is 3.22. The SMILES string of the molecule is Cc1cc(NC2CCN(c3ccc(F)c(Cl)c3)C2)ncc1[N+](=O)[O-]. The molecule has 1 aliphatic heterocycles. The van der Waals surface area contributed by atoms with E-state index in [2.05, 4.69) is 15.2 Å². The van der Waals surface area contributed by atoms with Crippen molar-refractivity contribution < 1.29 is 9.31 Å². The second kappa shape index (κ2) is 6.60. The van der Waals surface area contributed by atoms with Crippen LogP contribution in [0.25, 0.3) is 0 Å². The van der Waals surface area contributed by atoms with Crippen LogP contribution in [-0.2, 0) is 0 Å². The van der Waals surface area contributed by atoms with E-state index in [0.717, 1.165) is 25.2 Å². The number of hydrogen-bond donors (Lipinski definition) is 1. The highest BCUT2D eigenvalue weighted by Gasteiger charge is 2.24. The van der Waals surface area contributed by atoms with Crippen LogP contribution in [0.2, 0.25) is 5.02 Å². The summed E-state index contributed by atoms with van der Waals surface area (Å²) in [4.78, 5) is 16.6. The van der Waals surface area contributed by atoms with Gasteiger partial charge in [0.05, 0.1) is 9.95 Å². The lowest BCUT2D eigenvalue weighted by molar-refractivity contribution is -0.385. The molecule has 0 aliphatic carbocycles. The minimum atomic E-state index is -0.443. The number of nitrogens with zero attached hydrogens (tertiary/aromatic N) is 3. The van der Waals surface area contributed by atoms with Crippen LogP contribution in [0, 0.1) is 22.9 Å². The molecule has 0 spiro atoms. The number of rotatable bonds is 4. The van der Waals surface area contributed by atoms with Crippen molar-refractivity contribution in [3.05, 3.63) is 57.0 Å². The van der Waals surface area contributed by atoms with Crippen molar-refractivity contribution in [2.24, 2.45) is 0 Å². The first kappa shape index (κ1) is 16.4. The molecule has 1 N–H and O–H groups in total. The van der Waals surface area contributed by atoms with Crippen LogP contribution >= 0.6 is 11.6 Å². The fourth-order valence-electron chi connectivity index (χ4n) is 2.82. The summed E-state index contributed by atoms with van der Waals surface area (Å²) in [7, 11) is 0. The summed E-state index contributed by atoms with van der Waals surface area (Å²) in [5, 5.41) is 14.2. The lowest BCUT2D eigenvalue weighted by Crippen LogP contribution is -2.26. The van der Waals surface area contributed by atoms with E-state index in [1.165, 1.54) is 12.3 Å².